The third-order valence-electron chi connectivity index (χ3n) is 4.57. The predicted octanol–water partition coefficient (Wildman–Crippen LogP) is 3.05. The van der Waals surface area contributed by atoms with Crippen molar-refractivity contribution in [2.45, 2.75) is 82.9 Å². The van der Waals surface area contributed by atoms with Crippen molar-refractivity contribution in [1.29, 1.82) is 0 Å². The van der Waals surface area contributed by atoms with E-state index in [-0.39, 0.29) is 6.03 Å². The van der Waals surface area contributed by atoms with Crippen molar-refractivity contribution in [3.05, 3.63) is 0 Å². The lowest BCUT2D eigenvalue weighted by Crippen LogP contribution is -2.50. The first-order valence-corrected chi connectivity index (χ1v) is 7.91. The molecule has 0 radical (unpaired) electrons. The van der Waals surface area contributed by atoms with Crippen LogP contribution < -0.4 is 5.73 Å². The van der Waals surface area contributed by atoms with E-state index < -0.39 is 0 Å². The van der Waals surface area contributed by atoms with E-state index in [1.54, 1.807) is 0 Å². The van der Waals surface area contributed by atoms with Gasteiger partial charge in [0.15, 0.2) is 0 Å². The average molecular weight is 268 g/mol. The number of hydrogen-bond acceptors (Lipinski definition) is 2. The molecule has 2 aliphatic carbocycles. The van der Waals surface area contributed by atoms with Crippen LogP contribution in [0.5, 0.6) is 0 Å². The van der Waals surface area contributed by atoms with Gasteiger partial charge >= 0.3 is 6.03 Å². The first-order valence-electron chi connectivity index (χ1n) is 7.91. The minimum atomic E-state index is -0.218. The van der Waals surface area contributed by atoms with Crippen LogP contribution in [0.3, 0.4) is 0 Å². The van der Waals surface area contributed by atoms with E-state index in [9.17, 15) is 4.79 Å². The first-order chi connectivity index (χ1) is 9.22. The third-order valence-corrected chi connectivity index (χ3v) is 4.57. The highest BCUT2D eigenvalue weighted by Crippen LogP contribution is 2.31. The molecule has 2 N–H and O–H groups in total. The van der Waals surface area contributed by atoms with Gasteiger partial charge in [-0.25, -0.2) is 4.79 Å². The zero-order chi connectivity index (χ0) is 13.7. The van der Waals surface area contributed by atoms with Crippen LogP contribution in [0.1, 0.15) is 64.7 Å². The fourth-order valence-electron chi connectivity index (χ4n) is 3.62. The molecule has 4 nitrogen and oxygen atoms in total. The van der Waals surface area contributed by atoms with Crippen LogP contribution in [-0.4, -0.2) is 35.7 Å². The number of urea groups is 1. The fourth-order valence-corrected chi connectivity index (χ4v) is 3.62. The molecule has 0 bridgehead atoms. The number of ether oxygens (including phenoxy) is 1. The normalized spacial score (nSPS) is 28.5. The van der Waals surface area contributed by atoms with Crippen molar-refractivity contribution >= 4 is 6.03 Å². The van der Waals surface area contributed by atoms with Gasteiger partial charge in [-0.15, -0.1) is 0 Å². The Labute approximate surface area is 116 Å². The van der Waals surface area contributed by atoms with Crippen molar-refractivity contribution < 1.29 is 9.53 Å². The van der Waals surface area contributed by atoms with E-state index in [4.69, 9.17) is 10.5 Å². The van der Waals surface area contributed by atoms with E-state index in [1.165, 1.54) is 12.8 Å². The summed E-state index contributed by atoms with van der Waals surface area (Å²) < 4.78 is 5.81. The average Bonchev–Trinajstić information content (AvgIpc) is 2.91. The lowest BCUT2D eigenvalue weighted by atomic mass is 9.91. The zero-order valence-corrected chi connectivity index (χ0v) is 12.1. The monoisotopic (exact) mass is 268 g/mol. The highest BCUT2D eigenvalue weighted by atomic mass is 16.5. The summed E-state index contributed by atoms with van der Waals surface area (Å²) >= 11 is 0. The highest BCUT2D eigenvalue weighted by Gasteiger charge is 2.33. The fraction of sp³-hybridized carbons (Fsp3) is 0.933. The van der Waals surface area contributed by atoms with Crippen LogP contribution >= 0.6 is 0 Å². The molecule has 0 aromatic heterocycles. The molecule has 0 saturated heterocycles. The summed E-state index contributed by atoms with van der Waals surface area (Å²) in [7, 11) is 0. The molecule has 4 heteroatoms. The Morgan fingerprint density at radius 2 is 1.68 bits per heavy atom. The Balaban J connectivity index is 1.85. The summed E-state index contributed by atoms with van der Waals surface area (Å²) in [5, 5.41) is 0. The summed E-state index contributed by atoms with van der Waals surface area (Å²) in [5.74, 6) is 0. The Hall–Kier alpha value is -0.770. The van der Waals surface area contributed by atoms with Gasteiger partial charge in [0.1, 0.15) is 0 Å². The van der Waals surface area contributed by atoms with Crippen LogP contribution in [0.25, 0.3) is 0 Å². The lowest BCUT2D eigenvalue weighted by molar-refractivity contribution is 0.00852. The van der Waals surface area contributed by atoms with Crippen molar-refractivity contribution in [1.82, 2.24) is 4.90 Å². The predicted molar refractivity (Wildman–Crippen MR) is 76.0 cm³/mol. The topological polar surface area (TPSA) is 55.6 Å². The van der Waals surface area contributed by atoms with Gasteiger partial charge in [-0.05, 0) is 44.9 Å². The van der Waals surface area contributed by atoms with Crippen LogP contribution in [-0.2, 0) is 4.74 Å². The minimum absolute atomic E-state index is 0.218. The summed E-state index contributed by atoms with van der Waals surface area (Å²) in [4.78, 5) is 13.7. The second kappa shape index (κ2) is 7.13. The Kier molecular flexibility index (Phi) is 5.49. The van der Waals surface area contributed by atoms with Gasteiger partial charge in [0.05, 0.1) is 6.10 Å². The van der Waals surface area contributed by atoms with Crippen LogP contribution in [0, 0.1) is 0 Å². The van der Waals surface area contributed by atoms with Gasteiger partial charge in [-0.3, -0.25) is 0 Å². The number of carbonyl (C=O) groups is 1. The van der Waals surface area contributed by atoms with Gasteiger partial charge in [0.25, 0.3) is 0 Å². The summed E-state index contributed by atoms with van der Waals surface area (Å²) in [5.41, 5.74) is 5.62. The molecule has 0 spiro atoms. The van der Waals surface area contributed by atoms with Gasteiger partial charge in [-0.2, -0.15) is 0 Å². The molecule has 0 atom stereocenters. The molecule has 2 saturated carbocycles. The molecule has 19 heavy (non-hydrogen) atoms. The Morgan fingerprint density at radius 1 is 1.11 bits per heavy atom. The van der Waals surface area contributed by atoms with Gasteiger partial charge < -0.3 is 15.4 Å². The highest BCUT2D eigenvalue weighted by molar-refractivity contribution is 5.72. The van der Waals surface area contributed by atoms with Crippen LogP contribution in [0.2, 0.25) is 0 Å². The Bertz CT molecular complexity index is 282. The molecule has 0 aliphatic heterocycles. The van der Waals surface area contributed by atoms with E-state index in [1.807, 2.05) is 4.90 Å². The maximum atomic E-state index is 11.8. The van der Waals surface area contributed by atoms with E-state index in [0.29, 0.717) is 18.2 Å². The lowest BCUT2D eigenvalue weighted by Gasteiger charge is -2.39. The van der Waals surface area contributed by atoms with Gasteiger partial charge in [-0.1, -0.05) is 19.8 Å². The van der Waals surface area contributed by atoms with Crippen LogP contribution in [0.15, 0.2) is 0 Å². The molecule has 110 valence electrons. The van der Waals surface area contributed by atoms with Gasteiger partial charge in [0.2, 0.25) is 0 Å². The number of amides is 2. The summed E-state index contributed by atoms with van der Waals surface area (Å²) in [6.07, 6.45) is 10.5. The standard InChI is InChI=1S/C15H28N2O2/c1-2-11-19-14-9-7-13(8-10-14)17(15(16)18)12-5-3-4-6-12/h12-14H,2-11H2,1H3,(H2,16,18). The molecule has 0 unspecified atom stereocenters. The van der Waals surface area contributed by atoms with Crippen molar-refractivity contribution in [2.75, 3.05) is 6.61 Å². The second-order valence-corrected chi connectivity index (χ2v) is 5.99. The smallest absolute Gasteiger partial charge is 0.315 e. The second-order valence-electron chi connectivity index (χ2n) is 5.99. The van der Waals surface area contributed by atoms with Crippen molar-refractivity contribution in [2.24, 2.45) is 5.73 Å². The molecule has 2 amide bonds. The maximum absolute atomic E-state index is 11.8. The number of nitrogens with two attached hydrogens (primary N) is 1. The molecule has 2 rings (SSSR count). The van der Waals surface area contributed by atoms with E-state index >= 15 is 0 Å². The number of primary amides is 1. The SMILES string of the molecule is CCCOC1CCC(N(C(N)=O)C2CCCC2)CC1. The van der Waals surface area contributed by atoms with E-state index in [0.717, 1.165) is 51.6 Å². The number of carbonyl (C=O) groups excluding carboxylic acids is 1. The molecular weight excluding hydrogens is 240 g/mol. The van der Waals surface area contributed by atoms with Crippen LogP contribution in [0.4, 0.5) is 4.79 Å². The largest absolute Gasteiger partial charge is 0.378 e. The zero-order valence-electron chi connectivity index (χ0n) is 12.1. The molecule has 0 aromatic rings. The third kappa shape index (κ3) is 3.85. The summed E-state index contributed by atoms with van der Waals surface area (Å²) in [6.45, 7) is 3.00. The maximum Gasteiger partial charge on any atom is 0.315 e. The Morgan fingerprint density at radius 3 is 2.21 bits per heavy atom. The molecular formula is C15H28N2O2. The van der Waals surface area contributed by atoms with E-state index in [2.05, 4.69) is 6.92 Å². The van der Waals surface area contributed by atoms with Gasteiger partial charge in [0, 0.05) is 18.7 Å². The molecule has 2 fully saturated rings. The quantitative estimate of drug-likeness (QED) is 0.833. The molecule has 0 heterocycles. The minimum Gasteiger partial charge on any atom is -0.378 e. The number of nitrogens with zero attached hydrogens (tertiary/aromatic N) is 1. The van der Waals surface area contributed by atoms with Crippen molar-refractivity contribution in [3.63, 3.8) is 0 Å². The number of hydrogen-bond donors (Lipinski definition) is 1. The molecule has 2 aliphatic rings. The summed E-state index contributed by atoms with van der Waals surface area (Å²) in [6, 6.07) is 0.530. The van der Waals surface area contributed by atoms with Crippen molar-refractivity contribution in [3.8, 4) is 0 Å². The number of rotatable bonds is 5. The first kappa shape index (κ1) is 14.6. The molecule has 0 aromatic carbocycles.